The fourth-order valence-corrected chi connectivity index (χ4v) is 3.83. The molecule has 4 heteroatoms. The Morgan fingerprint density at radius 2 is 1.71 bits per heavy atom. The first-order valence-electron chi connectivity index (χ1n) is 7.02. The zero-order valence-corrected chi connectivity index (χ0v) is 12.8. The predicted octanol–water partition coefficient (Wildman–Crippen LogP) is 4.71. The Kier molecular flexibility index (Phi) is 3.18. The van der Waals surface area contributed by atoms with Crippen molar-refractivity contribution >= 4 is 34.1 Å². The number of nitrogens with one attached hydrogen (secondary N) is 2. The normalized spacial score (nSPS) is 17.9. The molecule has 3 aromatic rings. The Hall–Kier alpha value is -1.48. The summed E-state index contributed by atoms with van der Waals surface area (Å²) in [6.45, 7) is 0.918. The van der Waals surface area contributed by atoms with E-state index in [0.29, 0.717) is 10.0 Å². The SMILES string of the molecule is Clc1cccc(Cl)c1C1NCCc2c1[nH]c1ccccc21. The van der Waals surface area contributed by atoms with Gasteiger partial charge >= 0.3 is 0 Å². The molecule has 0 radical (unpaired) electrons. The molecular formula is C17H14Cl2N2. The molecule has 0 bridgehead atoms. The number of para-hydroxylation sites is 1. The molecule has 0 fully saturated rings. The molecule has 2 aromatic carbocycles. The molecule has 0 saturated carbocycles. The molecule has 1 unspecified atom stereocenters. The van der Waals surface area contributed by atoms with Crippen molar-refractivity contribution in [2.45, 2.75) is 12.5 Å². The number of fused-ring (bicyclic) bond motifs is 3. The molecule has 21 heavy (non-hydrogen) atoms. The molecule has 4 rings (SSSR count). The van der Waals surface area contributed by atoms with Crippen molar-refractivity contribution < 1.29 is 0 Å². The topological polar surface area (TPSA) is 27.8 Å². The fourth-order valence-electron chi connectivity index (χ4n) is 3.21. The molecule has 1 aromatic heterocycles. The van der Waals surface area contributed by atoms with E-state index >= 15 is 0 Å². The van der Waals surface area contributed by atoms with E-state index < -0.39 is 0 Å². The van der Waals surface area contributed by atoms with Crippen LogP contribution in [0, 0.1) is 0 Å². The Bertz CT molecular complexity index is 803. The van der Waals surface area contributed by atoms with E-state index in [2.05, 4.69) is 34.6 Å². The van der Waals surface area contributed by atoms with Crippen molar-refractivity contribution in [2.75, 3.05) is 6.54 Å². The van der Waals surface area contributed by atoms with Crippen LogP contribution in [0.15, 0.2) is 42.5 Å². The number of H-pyrrole nitrogens is 1. The average Bonchev–Trinajstić information content (AvgIpc) is 2.87. The second-order valence-corrected chi connectivity index (χ2v) is 6.15. The smallest absolute Gasteiger partial charge is 0.0761 e. The number of hydrogen-bond donors (Lipinski definition) is 2. The maximum atomic E-state index is 6.39. The number of halogens is 2. The molecule has 0 spiro atoms. The van der Waals surface area contributed by atoms with Crippen LogP contribution in [0.2, 0.25) is 10.0 Å². The van der Waals surface area contributed by atoms with Gasteiger partial charge in [0, 0.05) is 38.8 Å². The lowest BCUT2D eigenvalue weighted by atomic mass is 9.94. The van der Waals surface area contributed by atoms with Crippen molar-refractivity contribution in [3.63, 3.8) is 0 Å². The number of aromatic amines is 1. The van der Waals surface area contributed by atoms with Crippen molar-refractivity contribution in [1.29, 1.82) is 0 Å². The molecule has 0 aliphatic carbocycles. The first kappa shape index (κ1) is 13.2. The highest BCUT2D eigenvalue weighted by Crippen LogP contribution is 2.38. The van der Waals surface area contributed by atoms with Crippen molar-refractivity contribution in [1.82, 2.24) is 10.3 Å². The average molecular weight is 317 g/mol. The Morgan fingerprint density at radius 3 is 2.52 bits per heavy atom. The van der Waals surface area contributed by atoms with Gasteiger partial charge in [-0.2, -0.15) is 0 Å². The quantitative estimate of drug-likeness (QED) is 0.668. The van der Waals surface area contributed by atoms with Gasteiger partial charge in [-0.15, -0.1) is 0 Å². The van der Waals surface area contributed by atoms with Crippen LogP contribution in [0.1, 0.15) is 22.9 Å². The predicted molar refractivity (Wildman–Crippen MR) is 88.3 cm³/mol. The number of rotatable bonds is 1. The minimum atomic E-state index is 0.0161. The molecule has 0 saturated heterocycles. The van der Waals surface area contributed by atoms with Crippen LogP contribution in [-0.2, 0) is 6.42 Å². The lowest BCUT2D eigenvalue weighted by molar-refractivity contribution is 0.560. The standard InChI is InChI=1S/C17H14Cl2N2/c18-12-5-3-6-13(19)15(12)17-16-11(8-9-20-17)10-4-1-2-7-14(10)21-16/h1-7,17,20-21H,8-9H2. The van der Waals surface area contributed by atoms with Gasteiger partial charge in [-0.25, -0.2) is 0 Å². The second-order valence-electron chi connectivity index (χ2n) is 5.34. The maximum Gasteiger partial charge on any atom is 0.0761 e. The van der Waals surface area contributed by atoms with E-state index in [-0.39, 0.29) is 6.04 Å². The summed E-state index contributed by atoms with van der Waals surface area (Å²) in [5, 5.41) is 6.23. The van der Waals surface area contributed by atoms with E-state index in [9.17, 15) is 0 Å². The minimum Gasteiger partial charge on any atom is -0.357 e. The van der Waals surface area contributed by atoms with E-state index in [4.69, 9.17) is 23.2 Å². The molecular weight excluding hydrogens is 303 g/mol. The van der Waals surface area contributed by atoms with E-state index in [0.717, 1.165) is 18.5 Å². The van der Waals surface area contributed by atoms with Crippen molar-refractivity contribution in [2.24, 2.45) is 0 Å². The molecule has 2 N–H and O–H groups in total. The third kappa shape index (κ3) is 2.06. The molecule has 1 aliphatic heterocycles. The summed E-state index contributed by atoms with van der Waals surface area (Å²) in [6.07, 6.45) is 1.01. The van der Waals surface area contributed by atoms with Gasteiger partial charge in [0.25, 0.3) is 0 Å². The zero-order valence-electron chi connectivity index (χ0n) is 11.3. The van der Waals surface area contributed by atoms with Crippen LogP contribution in [0.5, 0.6) is 0 Å². The first-order chi connectivity index (χ1) is 10.3. The summed E-state index contributed by atoms with van der Waals surface area (Å²) >= 11 is 12.8. The summed E-state index contributed by atoms with van der Waals surface area (Å²) in [7, 11) is 0. The monoisotopic (exact) mass is 316 g/mol. The summed E-state index contributed by atoms with van der Waals surface area (Å²) in [6, 6.07) is 14.1. The van der Waals surface area contributed by atoms with Gasteiger partial charge in [0.15, 0.2) is 0 Å². The fraction of sp³-hybridized carbons (Fsp3) is 0.176. The zero-order chi connectivity index (χ0) is 14.4. The molecule has 1 atom stereocenters. The lowest BCUT2D eigenvalue weighted by Crippen LogP contribution is -2.30. The largest absolute Gasteiger partial charge is 0.357 e. The van der Waals surface area contributed by atoms with Crippen LogP contribution >= 0.6 is 23.2 Å². The highest BCUT2D eigenvalue weighted by atomic mass is 35.5. The van der Waals surface area contributed by atoms with E-state index in [1.54, 1.807) is 0 Å². The Balaban J connectivity index is 1.95. The van der Waals surface area contributed by atoms with E-state index in [1.807, 2.05) is 18.2 Å². The molecule has 0 amide bonds. The van der Waals surface area contributed by atoms with Gasteiger partial charge in [-0.05, 0) is 30.2 Å². The van der Waals surface area contributed by atoms with Crippen LogP contribution in [0.25, 0.3) is 10.9 Å². The number of benzene rings is 2. The van der Waals surface area contributed by atoms with Gasteiger partial charge in [0.2, 0.25) is 0 Å². The van der Waals surface area contributed by atoms with Gasteiger partial charge in [0.05, 0.1) is 6.04 Å². The number of hydrogen-bond acceptors (Lipinski definition) is 1. The van der Waals surface area contributed by atoms with Crippen LogP contribution in [0.3, 0.4) is 0 Å². The Morgan fingerprint density at radius 1 is 0.952 bits per heavy atom. The van der Waals surface area contributed by atoms with E-state index in [1.165, 1.54) is 22.2 Å². The van der Waals surface area contributed by atoms with Crippen LogP contribution in [-0.4, -0.2) is 11.5 Å². The van der Waals surface area contributed by atoms with Gasteiger partial charge < -0.3 is 10.3 Å². The van der Waals surface area contributed by atoms with Crippen LogP contribution < -0.4 is 5.32 Å². The molecule has 106 valence electrons. The second kappa shape index (κ2) is 5.06. The van der Waals surface area contributed by atoms with Crippen molar-refractivity contribution in [3.05, 3.63) is 69.3 Å². The highest BCUT2D eigenvalue weighted by molar-refractivity contribution is 6.36. The summed E-state index contributed by atoms with van der Waals surface area (Å²) in [5.41, 5.74) is 4.66. The Labute approximate surface area is 133 Å². The summed E-state index contributed by atoms with van der Waals surface area (Å²) in [4.78, 5) is 3.54. The molecule has 2 heterocycles. The molecule has 1 aliphatic rings. The first-order valence-corrected chi connectivity index (χ1v) is 7.78. The van der Waals surface area contributed by atoms with Crippen molar-refractivity contribution in [3.8, 4) is 0 Å². The van der Waals surface area contributed by atoms with Gasteiger partial charge in [-0.3, -0.25) is 0 Å². The maximum absolute atomic E-state index is 6.39. The number of aromatic nitrogens is 1. The highest BCUT2D eigenvalue weighted by Gasteiger charge is 2.27. The van der Waals surface area contributed by atoms with Gasteiger partial charge in [0.1, 0.15) is 0 Å². The third-order valence-electron chi connectivity index (χ3n) is 4.15. The van der Waals surface area contributed by atoms with Gasteiger partial charge in [-0.1, -0.05) is 47.5 Å². The lowest BCUT2D eigenvalue weighted by Gasteiger charge is -2.26. The summed E-state index contributed by atoms with van der Waals surface area (Å²) in [5.74, 6) is 0. The third-order valence-corrected chi connectivity index (χ3v) is 4.81. The van der Waals surface area contributed by atoms with Crippen LogP contribution in [0.4, 0.5) is 0 Å². The summed E-state index contributed by atoms with van der Waals surface area (Å²) < 4.78 is 0. The molecule has 2 nitrogen and oxygen atoms in total. The minimum absolute atomic E-state index is 0.0161.